The van der Waals surface area contributed by atoms with Crippen molar-refractivity contribution in [2.45, 2.75) is 29.7 Å². The highest BCUT2D eigenvalue weighted by Crippen LogP contribution is 2.31. The standard InChI is InChI=1S/C18H19F3N6O2S/c1-26-10-14(15(25-26)16(19)20)30(29)17(21)11-3-6-27(7-4-11)18(28)24-12-2-5-23-13(8-12)9-22/h2,5,8,10-11,16-17H,3-4,6-7H2,1H3,(H,23,24,28). The largest absolute Gasteiger partial charge is 0.325 e. The van der Waals surface area contributed by atoms with Crippen LogP contribution in [-0.4, -0.2) is 48.5 Å². The normalized spacial score (nSPS) is 16.9. The van der Waals surface area contributed by atoms with Crippen LogP contribution in [0.25, 0.3) is 0 Å². The zero-order valence-corrected chi connectivity index (χ0v) is 16.8. The first-order valence-corrected chi connectivity index (χ1v) is 10.3. The molecule has 8 nitrogen and oxygen atoms in total. The number of piperidine rings is 1. The molecule has 1 fully saturated rings. The van der Waals surface area contributed by atoms with E-state index < -0.39 is 40.4 Å². The molecule has 2 atom stereocenters. The number of hydrogen-bond donors (Lipinski definition) is 1. The Kier molecular flexibility index (Phi) is 6.71. The first-order valence-electron chi connectivity index (χ1n) is 9.08. The van der Waals surface area contributed by atoms with Gasteiger partial charge in [-0.1, -0.05) is 0 Å². The van der Waals surface area contributed by atoms with Gasteiger partial charge >= 0.3 is 6.03 Å². The van der Waals surface area contributed by atoms with E-state index in [1.54, 1.807) is 6.07 Å². The first kappa shape index (κ1) is 21.8. The quantitative estimate of drug-likeness (QED) is 0.770. The van der Waals surface area contributed by atoms with Gasteiger partial charge < -0.3 is 10.2 Å². The number of carbonyl (C=O) groups is 1. The van der Waals surface area contributed by atoms with Crippen LogP contribution < -0.4 is 5.32 Å². The summed E-state index contributed by atoms with van der Waals surface area (Å²) in [4.78, 5) is 17.4. The van der Waals surface area contributed by atoms with E-state index in [-0.39, 0.29) is 36.5 Å². The molecule has 0 spiro atoms. The highest BCUT2D eigenvalue weighted by atomic mass is 32.2. The van der Waals surface area contributed by atoms with Crippen molar-refractivity contribution < 1.29 is 22.2 Å². The summed E-state index contributed by atoms with van der Waals surface area (Å²) in [5.41, 5.74) is -1.94. The Labute approximate surface area is 173 Å². The average molecular weight is 440 g/mol. The minimum Gasteiger partial charge on any atom is -0.325 e. The number of alkyl halides is 3. The highest BCUT2D eigenvalue weighted by molar-refractivity contribution is 7.85. The van der Waals surface area contributed by atoms with Crippen LogP contribution in [0.4, 0.5) is 23.7 Å². The number of anilines is 1. The minimum atomic E-state index is -2.95. The molecule has 12 heteroatoms. The molecule has 2 aromatic heterocycles. The Morgan fingerprint density at radius 2 is 2.07 bits per heavy atom. The predicted octanol–water partition coefficient (Wildman–Crippen LogP) is 2.97. The van der Waals surface area contributed by atoms with Crippen molar-refractivity contribution in [1.82, 2.24) is 19.7 Å². The number of hydrogen-bond acceptors (Lipinski definition) is 5. The lowest BCUT2D eigenvalue weighted by Gasteiger charge is -2.33. The maximum Gasteiger partial charge on any atom is 0.321 e. The highest BCUT2D eigenvalue weighted by Gasteiger charge is 2.35. The number of urea groups is 1. The van der Waals surface area contributed by atoms with E-state index in [1.807, 2.05) is 6.07 Å². The lowest BCUT2D eigenvalue weighted by Crippen LogP contribution is -2.43. The first-order chi connectivity index (χ1) is 14.3. The molecule has 30 heavy (non-hydrogen) atoms. The number of nitriles is 1. The van der Waals surface area contributed by atoms with Crippen LogP contribution in [0.5, 0.6) is 0 Å². The molecule has 0 aromatic carbocycles. The van der Waals surface area contributed by atoms with Gasteiger partial charge in [-0.25, -0.2) is 22.9 Å². The molecule has 1 saturated heterocycles. The summed E-state index contributed by atoms with van der Waals surface area (Å²) in [6.07, 6.45) is 0.0824. The van der Waals surface area contributed by atoms with Crippen LogP contribution in [0.3, 0.4) is 0 Å². The number of likely N-dealkylation sites (tertiary alicyclic amines) is 1. The van der Waals surface area contributed by atoms with E-state index in [9.17, 15) is 22.2 Å². The Morgan fingerprint density at radius 3 is 2.70 bits per heavy atom. The minimum absolute atomic E-state index is 0.160. The van der Waals surface area contributed by atoms with Crippen molar-refractivity contribution in [3.8, 4) is 6.07 Å². The molecule has 0 radical (unpaired) electrons. The summed E-state index contributed by atoms with van der Waals surface area (Å²) in [6, 6.07) is 4.44. The third-order valence-electron chi connectivity index (χ3n) is 4.77. The number of pyridine rings is 1. The van der Waals surface area contributed by atoms with Crippen molar-refractivity contribution in [2.24, 2.45) is 13.0 Å². The second kappa shape index (κ2) is 9.25. The van der Waals surface area contributed by atoms with Crippen LogP contribution in [0, 0.1) is 17.2 Å². The molecule has 2 unspecified atom stereocenters. The third kappa shape index (κ3) is 4.79. The van der Waals surface area contributed by atoms with Gasteiger partial charge in [0.05, 0.1) is 15.7 Å². The van der Waals surface area contributed by atoms with Gasteiger partial charge in [0.2, 0.25) is 0 Å². The number of rotatable bonds is 5. The summed E-state index contributed by atoms with van der Waals surface area (Å²) >= 11 is 0. The second-order valence-electron chi connectivity index (χ2n) is 6.80. The van der Waals surface area contributed by atoms with Gasteiger partial charge in [-0.05, 0) is 25.0 Å². The summed E-state index contributed by atoms with van der Waals surface area (Å²) in [5, 5.41) is 15.1. The summed E-state index contributed by atoms with van der Waals surface area (Å²) in [5.74, 6) is -0.633. The number of aromatic nitrogens is 3. The van der Waals surface area contributed by atoms with Crippen molar-refractivity contribution in [1.29, 1.82) is 5.26 Å². The van der Waals surface area contributed by atoms with Gasteiger partial charge in [0.15, 0.2) is 5.50 Å². The molecular weight excluding hydrogens is 421 g/mol. The number of aryl methyl sites for hydroxylation is 1. The summed E-state index contributed by atoms with van der Waals surface area (Å²) in [6.45, 7) is 0.443. The number of carbonyl (C=O) groups excluding carboxylic acids is 1. The van der Waals surface area contributed by atoms with E-state index in [4.69, 9.17) is 5.26 Å². The van der Waals surface area contributed by atoms with E-state index in [2.05, 4.69) is 15.4 Å². The fourth-order valence-electron chi connectivity index (χ4n) is 3.22. The van der Waals surface area contributed by atoms with Gasteiger partial charge in [-0.15, -0.1) is 0 Å². The third-order valence-corrected chi connectivity index (χ3v) is 6.32. The second-order valence-corrected chi connectivity index (χ2v) is 8.28. The van der Waals surface area contributed by atoms with Gasteiger partial charge in [0.1, 0.15) is 17.5 Å². The molecule has 3 heterocycles. The molecule has 160 valence electrons. The van der Waals surface area contributed by atoms with E-state index in [0.717, 1.165) is 10.9 Å². The SMILES string of the molecule is Cn1cc(S(=O)C(F)C2CCN(C(=O)Nc3ccnc(C#N)c3)CC2)c(C(F)F)n1. The molecule has 1 aliphatic heterocycles. The van der Waals surface area contributed by atoms with E-state index in [1.165, 1.54) is 24.2 Å². The molecule has 1 aliphatic rings. The number of halogens is 3. The zero-order valence-electron chi connectivity index (χ0n) is 16.0. The summed E-state index contributed by atoms with van der Waals surface area (Å²) < 4.78 is 54.6. The molecular formula is C18H19F3N6O2S. The van der Waals surface area contributed by atoms with Crippen LogP contribution >= 0.6 is 0 Å². The number of amides is 2. The Balaban J connectivity index is 1.59. The zero-order chi connectivity index (χ0) is 21.8. The van der Waals surface area contributed by atoms with E-state index >= 15 is 0 Å². The topological polar surface area (TPSA) is 104 Å². The predicted molar refractivity (Wildman–Crippen MR) is 102 cm³/mol. The summed E-state index contributed by atoms with van der Waals surface area (Å²) in [7, 11) is -0.879. The monoisotopic (exact) mass is 440 g/mol. The molecule has 0 bridgehead atoms. The van der Waals surface area contributed by atoms with Crippen molar-refractivity contribution >= 4 is 22.5 Å². The van der Waals surface area contributed by atoms with Crippen LogP contribution in [-0.2, 0) is 17.8 Å². The molecule has 2 amide bonds. The average Bonchev–Trinajstić information content (AvgIpc) is 3.15. The van der Waals surface area contributed by atoms with Gasteiger partial charge in [-0.3, -0.25) is 8.89 Å². The Morgan fingerprint density at radius 1 is 1.37 bits per heavy atom. The number of nitrogens with zero attached hydrogens (tertiary/aromatic N) is 5. The maximum atomic E-state index is 14.8. The fraction of sp³-hybridized carbons (Fsp3) is 0.444. The fourth-order valence-corrected chi connectivity index (χ4v) is 4.68. The van der Waals surface area contributed by atoms with Gasteiger partial charge in [-0.2, -0.15) is 10.4 Å². The molecule has 1 N–H and O–H groups in total. The van der Waals surface area contributed by atoms with Crippen LogP contribution in [0.2, 0.25) is 0 Å². The van der Waals surface area contributed by atoms with Crippen LogP contribution in [0.1, 0.15) is 30.7 Å². The van der Waals surface area contributed by atoms with Crippen LogP contribution in [0.15, 0.2) is 29.4 Å². The molecule has 3 rings (SSSR count). The van der Waals surface area contributed by atoms with Gasteiger partial charge in [0, 0.05) is 44.1 Å². The lowest BCUT2D eigenvalue weighted by molar-refractivity contribution is 0.141. The van der Waals surface area contributed by atoms with E-state index in [0.29, 0.717) is 5.69 Å². The van der Waals surface area contributed by atoms with Crippen molar-refractivity contribution in [2.75, 3.05) is 18.4 Å². The smallest absolute Gasteiger partial charge is 0.321 e. The number of nitrogens with one attached hydrogen (secondary N) is 1. The Bertz CT molecular complexity index is 985. The van der Waals surface area contributed by atoms with Crippen molar-refractivity contribution in [3.63, 3.8) is 0 Å². The van der Waals surface area contributed by atoms with Gasteiger partial charge in [0.25, 0.3) is 6.43 Å². The lowest BCUT2D eigenvalue weighted by atomic mass is 9.98. The Hall–Kier alpha value is -2.94. The molecule has 2 aromatic rings. The maximum absolute atomic E-state index is 14.8. The molecule has 0 aliphatic carbocycles. The van der Waals surface area contributed by atoms with Crippen molar-refractivity contribution in [3.05, 3.63) is 35.9 Å². The molecule has 0 saturated carbocycles.